The van der Waals surface area contributed by atoms with Gasteiger partial charge in [-0.1, -0.05) is 252 Å². The lowest BCUT2D eigenvalue weighted by Gasteiger charge is -2.25. The zero-order valence-corrected chi connectivity index (χ0v) is 43.8. The molecule has 2 N–H and O–H groups in total. The van der Waals surface area contributed by atoms with Gasteiger partial charge in [-0.2, -0.15) is 0 Å². The molecule has 0 aromatic carbocycles. The highest BCUT2D eigenvalue weighted by atomic mass is 16.5. The van der Waals surface area contributed by atoms with Gasteiger partial charge in [-0.05, 0) is 64.7 Å². The highest BCUT2D eigenvalue weighted by molar-refractivity contribution is 5.75. The van der Waals surface area contributed by atoms with E-state index in [0.717, 1.165) is 51.4 Å². The fourth-order valence-corrected chi connectivity index (χ4v) is 8.26. The Hall–Kier alpha value is -0.750. The van der Waals surface area contributed by atoms with Gasteiger partial charge >= 0.3 is 0 Å². The third kappa shape index (κ3) is 55.4. The molecular weight excluding hydrogens is 765 g/mol. The van der Waals surface area contributed by atoms with Gasteiger partial charge in [-0.15, -0.1) is 0 Å². The van der Waals surface area contributed by atoms with Crippen LogP contribution in [0.15, 0.2) is 12.2 Å². The molecule has 0 saturated heterocycles. The van der Waals surface area contributed by atoms with E-state index in [1.807, 2.05) is 14.2 Å². The van der Waals surface area contributed by atoms with Gasteiger partial charge in [0.25, 0.3) is 0 Å². The van der Waals surface area contributed by atoms with Crippen LogP contribution in [0.3, 0.4) is 0 Å². The van der Waals surface area contributed by atoms with Gasteiger partial charge < -0.3 is 24.5 Å². The lowest BCUT2D eigenvalue weighted by molar-refractivity contribution is -0.117. The minimum atomic E-state index is -0.503. The summed E-state index contributed by atoms with van der Waals surface area (Å²) < 4.78 is 11.4. The molecular formula is C57H116O5. The Kier molecular flexibility index (Phi) is 61.6. The fourth-order valence-electron chi connectivity index (χ4n) is 8.26. The van der Waals surface area contributed by atoms with Crippen molar-refractivity contribution >= 4 is 5.78 Å². The number of ether oxygens (including phenoxy) is 2. The number of ketones is 1. The molecule has 0 saturated carbocycles. The van der Waals surface area contributed by atoms with E-state index >= 15 is 0 Å². The third-order valence-corrected chi connectivity index (χ3v) is 12.6. The SMILES string of the molecule is CCCCCCCC/C=C\CCCCCCCC.CCCCCCCCC(O)C(O)CCCCCCCC.CCCCCCCCC(OC)C(CCCCCCCC(C)=O)OC. The highest BCUT2D eigenvalue weighted by Gasteiger charge is 2.20. The van der Waals surface area contributed by atoms with Crippen molar-refractivity contribution in [2.24, 2.45) is 0 Å². The van der Waals surface area contributed by atoms with Gasteiger partial charge in [-0.25, -0.2) is 0 Å². The molecule has 0 aliphatic rings. The maximum absolute atomic E-state index is 10.9. The van der Waals surface area contributed by atoms with Crippen molar-refractivity contribution in [1.82, 2.24) is 0 Å². The van der Waals surface area contributed by atoms with E-state index in [4.69, 9.17) is 9.47 Å². The molecule has 0 radical (unpaired) electrons. The first kappa shape index (κ1) is 65.5. The highest BCUT2D eigenvalue weighted by Crippen LogP contribution is 2.20. The van der Waals surface area contributed by atoms with Crippen molar-refractivity contribution in [3.63, 3.8) is 0 Å². The fraction of sp³-hybridized carbons (Fsp3) is 0.947. The molecule has 62 heavy (non-hydrogen) atoms. The monoisotopic (exact) mass is 881 g/mol. The summed E-state index contributed by atoms with van der Waals surface area (Å²) in [6, 6.07) is 0. The van der Waals surface area contributed by atoms with Crippen LogP contribution in [0.4, 0.5) is 0 Å². The second-order valence-electron chi connectivity index (χ2n) is 18.9. The number of unbranched alkanes of at least 4 members (excludes halogenated alkanes) is 31. The number of carbonyl (C=O) groups is 1. The van der Waals surface area contributed by atoms with Crippen LogP contribution in [0.2, 0.25) is 0 Å². The molecule has 0 spiro atoms. The first-order chi connectivity index (χ1) is 30.3. The van der Waals surface area contributed by atoms with Gasteiger partial charge in [-0.3, -0.25) is 0 Å². The van der Waals surface area contributed by atoms with Gasteiger partial charge in [0.15, 0.2) is 0 Å². The van der Waals surface area contributed by atoms with Crippen LogP contribution < -0.4 is 0 Å². The van der Waals surface area contributed by atoms with E-state index < -0.39 is 12.2 Å². The van der Waals surface area contributed by atoms with Crippen LogP contribution in [0.25, 0.3) is 0 Å². The Morgan fingerprint density at radius 1 is 0.371 bits per heavy atom. The second kappa shape index (κ2) is 58.3. The van der Waals surface area contributed by atoms with Crippen LogP contribution >= 0.6 is 0 Å². The average Bonchev–Trinajstić information content (AvgIpc) is 3.27. The van der Waals surface area contributed by atoms with Crippen LogP contribution in [-0.4, -0.2) is 54.6 Å². The lowest BCUT2D eigenvalue weighted by atomic mass is 9.99. The predicted octanol–water partition coefficient (Wildman–Crippen LogP) is 18.3. The summed E-state index contributed by atoms with van der Waals surface area (Å²) in [5.74, 6) is 0.312. The molecule has 0 aliphatic carbocycles. The molecule has 4 atom stereocenters. The minimum Gasteiger partial charge on any atom is -0.390 e. The van der Waals surface area contributed by atoms with E-state index in [0.29, 0.717) is 5.78 Å². The van der Waals surface area contributed by atoms with E-state index in [2.05, 4.69) is 46.8 Å². The second-order valence-corrected chi connectivity index (χ2v) is 18.9. The van der Waals surface area contributed by atoms with E-state index in [1.165, 1.54) is 218 Å². The predicted molar refractivity (Wildman–Crippen MR) is 276 cm³/mol. The quantitative estimate of drug-likeness (QED) is 0.0470. The zero-order valence-electron chi connectivity index (χ0n) is 43.8. The van der Waals surface area contributed by atoms with Crippen molar-refractivity contribution in [2.75, 3.05) is 14.2 Å². The standard InChI is InChI=1S/C21H42O3.C18H38O2.C18H36/c1-5-6-7-8-11-14-17-20(23-3)21(24-4)18-15-12-9-10-13-16-19(2)22;1-3-5-7-9-11-13-15-17(19)18(20)16-14-12-10-8-6-4-2;1-3-5-7-9-11-13-15-17-18-16-14-12-10-8-6-4-2/h20-21H,5-18H2,1-4H3;17-20H,3-16H2,1-2H3;17-18H,3-16H2,1-2H3/b;;18-17-. The molecule has 5 heteroatoms. The van der Waals surface area contributed by atoms with Crippen molar-refractivity contribution in [3.8, 4) is 0 Å². The molecule has 374 valence electrons. The summed E-state index contributed by atoms with van der Waals surface area (Å²) in [5, 5.41) is 19.8. The molecule has 0 aliphatic heterocycles. The number of Topliss-reactive ketones (excluding diaryl/α,β-unsaturated/α-hetero) is 1. The van der Waals surface area contributed by atoms with Gasteiger partial charge in [0.1, 0.15) is 5.78 Å². The van der Waals surface area contributed by atoms with E-state index in [9.17, 15) is 15.0 Å². The topological polar surface area (TPSA) is 76.0 Å². The molecule has 0 fully saturated rings. The lowest BCUT2D eigenvalue weighted by Crippen LogP contribution is -2.30. The van der Waals surface area contributed by atoms with Crippen molar-refractivity contribution in [2.45, 2.75) is 336 Å². The summed E-state index contributed by atoms with van der Waals surface area (Å²) in [7, 11) is 3.63. The Morgan fingerprint density at radius 3 is 0.887 bits per heavy atom. The summed E-state index contributed by atoms with van der Waals surface area (Å²) in [6.45, 7) is 13.0. The number of allylic oxidation sites excluding steroid dienone is 2. The number of hydrogen-bond acceptors (Lipinski definition) is 5. The molecule has 0 bridgehead atoms. The van der Waals surface area contributed by atoms with Crippen LogP contribution in [0.5, 0.6) is 0 Å². The average molecular weight is 882 g/mol. The minimum absolute atomic E-state index is 0.225. The van der Waals surface area contributed by atoms with E-state index in [1.54, 1.807) is 6.92 Å². The number of carbonyl (C=O) groups excluding carboxylic acids is 1. The number of rotatable bonds is 47. The van der Waals surface area contributed by atoms with Crippen molar-refractivity contribution in [1.29, 1.82) is 0 Å². The number of aliphatic hydroxyl groups excluding tert-OH is 2. The van der Waals surface area contributed by atoms with E-state index in [-0.39, 0.29) is 12.2 Å². The zero-order chi connectivity index (χ0) is 46.4. The summed E-state index contributed by atoms with van der Waals surface area (Å²) >= 11 is 0. The first-order valence-corrected chi connectivity index (χ1v) is 27.8. The summed E-state index contributed by atoms with van der Waals surface area (Å²) in [6.07, 6.45) is 57.0. The van der Waals surface area contributed by atoms with Crippen LogP contribution in [0.1, 0.15) is 311 Å². The molecule has 0 rings (SSSR count). The van der Waals surface area contributed by atoms with Crippen molar-refractivity contribution in [3.05, 3.63) is 12.2 Å². The van der Waals surface area contributed by atoms with Gasteiger partial charge in [0.05, 0.1) is 24.4 Å². The normalized spacial score (nSPS) is 13.3. The summed E-state index contributed by atoms with van der Waals surface area (Å²) in [4.78, 5) is 10.9. The number of methoxy groups -OCH3 is 2. The smallest absolute Gasteiger partial charge is 0.129 e. The van der Waals surface area contributed by atoms with Gasteiger partial charge in [0.2, 0.25) is 0 Å². The Labute approximate surface area is 390 Å². The Bertz CT molecular complexity index is 792. The molecule has 0 amide bonds. The summed E-state index contributed by atoms with van der Waals surface area (Å²) in [5.41, 5.74) is 0. The number of hydrogen-bond donors (Lipinski definition) is 2. The largest absolute Gasteiger partial charge is 0.390 e. The molecule has 4 unspecified atom stereocenters. The molecule has 0 aromatic heterocycles. The number of aliphatic hydroxyl groups is 2. The Balaban J connectivity index is -0.000000852. The molecule has 0 aromatic rings. The van der Waals surface area contributed by atoms with Crippen molar-refractivity contribution < 1.29 is 24.5 Å². The third-order valence-electron chi connectivity index (χ3n) is 12.6. The Morgan fingerprint density at radius 2 is 0.613 bits per heavy atom. The molecule has 5 nitrogen and oxygen atoms in total. The molecule has 0 heterocycles. The van der Waals surface area contributed by atoms with Crippen LogP contribution in [-0.2, 0) is 14.3 Å². The maximum atomic E-state index is 10.9. The maximum Gasteiger partial charge on any atom is 0.129 e. The van der Waals surface area contributed by atoms with Gasteiger partial charge in [0, 0.05) is 20.6 Å². The first-order valence-electron chi connectivity index (χ1n) is 27.8. The van der Waals surface area contributed by atoms with Crippen LogP contribution in [0, 0.1) is 0 Å².